The van der Waals surface area contributed by atoms with Gasteiger partial charge < -0.3 is 14.2 Å². The Morgan fingerprint density at radius 2 is 1.84 bits per heavy atom. The average molecular weight is 462 g/mol. The number of methoxy groups -OCH3 is 3. The van der Waals surface area contributed by atoms with E-state index in [1.165, 1.54) is 26.3 Å². The Balaban J connectivity index is 2.04. The number of benzene rings is 2. The molecule has 0 bridgehead atoms. The second kappa shape index (κ2) is 9.47. The summed E-state index contributed by atoms with van der Waals surface area (Å²) in [6.45, 7) is 1.77. The molecule has 1 amide bonds. The van der Waals surface area contributed by atoms with Gasteiger partial charge in [0.15, 0.2) is 11.5 Å². The highest BCUT2D eigenvalue weighted by atomic mass is 32.2. The lowest BCUT2D eigenvalue weighted by atomic mass is 9.96. The summed E-state index contributed by atoms with van der Waals surface area (Å²) in [5.41, 5.74) is 2.53. The Hall–Kier alpha value is -3.27. The van der Waals surface area contributed by atoms with Crippen molar-refractivity contribution >= 4 is 27.3 Å². The molecule has 0 aliphatic carbocycles. The summed E-state index contributed by atoms with van der Waals surface area (Å²) < 4.78 is 42.2. The SMILES string of the molecule is CCC(=O)N1N=C(c2cccc(NS(C)(=O)=O)c2)CC1c1ccc(OC)c(OC)c1OC. The lowest BCUT2D eigenvalue weighted by molar-refractivity contribution is -0.132. The Labute approximate surface area is 188 Å². The smallest absolute Gasteiger partial charge is 0.242 e. The maximum Gasteiger partial charge on any atom is 0.242 e. The van der Waals surface area contributed by atoms with E-state index in [2.05, 4.69) is 9.82 Å². The standard InChI is InChI=1S/C22H27N3O6S/c1-6-20(26)25-18(16-10-11-19(29-2)22(31-4)21(16)30-3)13-17(23-25)14-8-7-9-15(12-14)24-32(5,27)28/h7-12,18,24H,6,13H2,1-5H3. The van der Waals surface area contributed by atoms with Gasteiger partial charge in [-0.1, -0.05) is 19.1 Å². The fraction of sp³-hybridized carbons (Fsp3) is 0.364. The van der Waals surface area contributed by atoms with Gasteiger partial charge in [0.2, 0.25) is 21.7 Å². The summed E-state index contributed by atoms with van der Waals surface area (Å²) in [7, 11) is 1.18. The number of hydrogen-bond acceptors (Lipinski definition) is 7. The van der Waals surface area contributed by atoms with E-state index in [1.54, 1.807) is 31.2 Å². The first-order chi connectivity index (χ1) is 15.2. The number of hydrogen-bond donors (Lipinski definition) is 1. The molecule has 10 heteroatoms. The lowest BCUT2D eigenvalue weighted by Crippen LogP contribution is -2.26. The number of amides is 1. The maximum atomic E-state index is 12.7. The number of anilines is 1. The summed E-state index contributed by atoms with van der Waals surface area (Å²) in [5.74, 6) is 1.27. The highest BCUT2D eigenvalue weighted by Crippen LogP contribution is 2.46. The Morgan fingerprint density at radius 1 is 1.12 bits per heavy atom. The Morgan fingerprint density at radius 3 is 2.44 bits per heavy atom. The van der Waals surface area contributed by atoms with Crippen molar-refractivity contribution in [3.63, 3.8) is 0 Å². The molecule has 2 aromatic carbocycles. The van der Waals surface area contributed by atoms with Crippen molar-refractivity contribution in [2.45, 2.75) is 25.8 Å². The van der Waals surface area contributed by atoms with Crippen LogP contribution in [0.1, 0.15) is 36.9 Å². The number of ether oxygens (including phenoxy) is 3. The van der Waals surface area contributed by atoms with E-state index < -0.39 is 16.1 Å². The molecule has 172 valence electrons. The van der Waals surface area contributed by atoms with Crippen molar-refractivity contribution in [3.8, 4) is 17.2 Å². The predicted octanol–water partition coefficient (Wildman–Crippen LogP) is 3.17. The van der Waals surface area contributed by atoms with Crippen LogP contribution in [0.4, 0.5) is 5.69 Å². The zero-order chi connectivity index (χ0) is 23.5. The van der Waals surface area contributed by atoms with E-state index in [0.717, 1.165) is 17.4 Å². The molecule has 2 aromatic rings. The van der Waals surface area contributed by atoms with Crippen LogP contribution in [0, 0.1) is 0 Å². The van der Waals surface area contributed by atoms with E-state index in [-0.39, 0.29) is 12.3 Å². The molecule has 0 fully saturated rings. The van der Waals surface area contributed by atoms with Crippen LogP contribution >= 0.6 is 0 Å². The first kappa shape index (κ1) is 23.4. The molecule has 1 heterocycles. The number of rotatable bonds is 8. The number of nitrogens with one attached hydrogen (secondary N) is 1. The third-order valence-electron chi connectivity index (χ3n) is 5.06. The minimum Gasteiger partial charge on any atom is -0.493 e. The molecule has 0 saturated heterocycles. The molecule has 9 nitrogen and oxygen atoms in total. The topological polar surface area (TPSA) is 107 Å². The van der Waals surface area contributed by atoms with E-state index in [4.69, 9.17) is 14.2 Å². The van der Waals surface area contributed by atoms with Gasteiger partial charge in [0, 0.05) is 24.1 Å². The number of nitrogens with zero attached hydrogens (tertiary/aromatic N) is 2. The van der Waals surface area contributed by atoms with Crippen LogP contribution in [-0.4, -0.2) is 52.6 Å². The van der Waals surface area contributed by atoms with Crippen molar-refractivity contribution in [1.82, 2.24) is 5.01 Å². The van der Waals surface area contributed by atoms with Crippen LogP contribution in [-0.2, 0) is 14.8 Å². The van der Waals surface area contributed by atoms with E-state index in [1.807, 2.05) is 12.1 Å². The molecular formula is C22H27N3O6S. The van der Waals surface area contributed by atoms with Gasteiger partial charge in [-0.2, -0.15) is 5.10 Å². The van der Waals surface area contributed by atoms with Crippen molar-refractivity contribution in [2.75, 3.05) is 32.3 Å². The summed E-state index contributed by atoms with van der Waals surface area (Å²) >= 11 is 0. The molecule has 1 aliphatic rings. The van der Waals surface area contributed by atoms with Crippen molar-refractivity contribution in [1.29, 1.82) is 0 Å². The molecule has 1 N–H and O–H groups in total. The minimum absolute atomic E-state index is 0.146. The summed E-state index contributed by atoms with van der Waals surface area (Å²) in [4.78, 5) is 12.7. The van der Waals surface area contributed by atoms with Gasteiger partial charge in [0.05, 0.1) is 39.3 Å². The van der Waals surface area contributed by atoms with Crippen LogP contribution < -0.4 is 18.9 Å². The van der Waals surface area contributed by atoms with Gasteiger partial charge in [0.1, 0.15) is 0 Å². The molecular weight excluding hydrogens is 434 g/mol. The van der Waals surface area contributed by atoms with Crippen LogP contribution in [0.25, 0.3) is 0 Å². The van der Waals surface area contributed by atoms with Gasteiger partial charge in [-0.25, -0.2) is 13.4 Å². The van der Waals surface area contributed by atoms with Gasteiger partial charge >= 0.3 is 0 Å². The molecule has 1 aliphatic heterocycles. The fourth-order valence-electron chi connectivity index (χ4n) is 3.68. The summed E-state index contributed by atoms with van der Waals surface area (Å²) in [6, 6.07) is 10.1. The zero-order valence-corrected chi connectivity index (χ0v) is 19.5. The average Bonchev–Trinajstić information content (AvgIpc) is 3.21. The third kappa shape index (κ3) is 4.80. The number of carbonyl (C=O) groups is 1. The van der Waals surface area contributed by atoms with E-state index >= 15 is 0 Å². The van der Waals surface area contributed by atoms with Gasteiger partial charge in [0.25, 0.3) is 0 Å². The Kier molecular flexibility index (Phi) is 6.93. The molecule has 0 radical (unpaired) electrons. The van der Waals surface area contributed by atoms with Crippen LogP contribution in [0.2, 0.25) is 0 Å². The molecule has 1 unspecified atom stereocenters. The Bertz CT molecular complexity index is 1150. The largest absolute Gasteiger partial charge is 0.493 e. The first-order valence-corrected chi connectivity index (χ1v) is 11.9. The summed E-state index contributed by atoms with van der Waals surface area (Å²) in [5, 5.41) is 6.05. The fourth-order valence-corrected chi connectivity index (χ4v) is 4.24. The quantitative estimate of drug-likeness (QED) is 0.647. The molecule has 0 spiro atoms. The van der Waals surface area contributed by atoms with Crippen molar-refractivity contribution in [2.24, 2.45) is 5.10 Å². The highest BCUT2D eigenvalue weighted by molar-refractivity contribution is 7.92. The maximum absolute atomic E-state index is 12.7. The normalized spacial score (nSPS) is 15.8. The number of hydrazone groups is 1. The van der Waals surface area contributed by atoms with E-state index in [0.29, 0.717) is 35.1 Å². The second-order valence-corrected chi connectivity index (χ2v) is 8.99. The first-order valence-electron chi connectivity index (χ1n) is 9.99. The van der Waals surface area contributed by atoms with Gasteiger partial charge in [-0.05, 0) is 29.8 Å². The van der Waals surface area contributed by atoms with Crippen molar-refractivity contribution in [3.05, 3.63) is 47.5 Å². The van der Waals surface area contributed by atoms with Crippen LogP contribution in [0.5, 0.6) is 17.2 Å². The van der Waals surface area contributed by atoms with Crippen LogP contribution in [0.15, 0.2) is 41.5 Å². The van der Waals surface area contributed by atoms with Crippen molar-refractivity contribution < 1.29 is 27.4 Å². The minimum atomic E-state index is -3.42. The van der Waals surface area contributed by atoms with E-state index in [9.17, 15) is 13.2 Å². The molecule has 32 heavy (non-hydrogen) atoms. The molecule has 3 rings (SSSR count). The molecule has 1 atom stereocenters. The third-order valence-corrected chi connectivity index (χ3v) is 5.67. The second-order valence-electron chi connectivity index (χ2n) is 7.24. The number of carbonyl (C=O) groups excluding carboxylic acids is 1. The predicted molar refractivity (Wildman–Crippen MR) is 122 cm³/mol. The van der Waals surface area contributed by atoms with Gasteiger partial charge in [-0.3, -0.25) is 9.52 Å². The van der Waals surface area contributed by atoms with Crippen LogP contribution in [0.3, 0.4) is 0 Å². The molecule has 0 saturated carbocycles. The molecule has 0 aromatic heterocycles. The summed E-state index contributed by atoms with van der Waals surface area (Å²) in [6.07, 6.45) is 1.78. The highest BCUT2D eigenvalue weighted by Gasteiger charge is 2.35. The van der Waals surface area contributed by atoms with Gasteiger partial charge in [-0.15, -0.1) is 0 Å². The number of sulfonamides is 1. The monoisotopic (exact) mass is 461 g/mol. The lowest BCUT2D eigenvalue weighted by Gasteiger charge is -2.24. The zero-order valence-electron chi connectivity index (χ0n) is 18.7.